The molecular formula is C8H11N3O2. The molecule has 70 valence electrons. The van der Waals surface area contributed by atoms with E-state index in [1.165, 1.54) is 4.68 Å². The van der Waals surface area contributed by atoms with Crippen molar-refractivity contribution in [3.63, 3.8) is 0 Å². The Kier molecular flexibility index (Phi) is 1.81. The molecule has 1 saturated heterocycles. The standard InChI is InChI=1S/C8H11N3O2/c12-7(13)8(2-4-9-6-8)11-5-1-3-10-11/h1,3,5,9H,2,4,6H2,(H,12,13). The van der Waals surface area contributed by atoms with E-state index < -0.39 is 11.5 Å². The van der Waals surface area contributed by atoms with Crippen molar-refractivity contribution in [3.05, 3.63) is 18.5 Å². The molecule has 1 aliphatic rings. The minimum absolute atomic E-state index is 0.448. The van der Waals surface area contributed by atoms with E-state index >= 15 is 0 Å². The zero-order chi connectivity index (χ0) is 9.31. The van der Waals surface area contributed by atoms with Gasteiger partial charge in [0.15, 0.2) is 5.54 Å². The average Bonchev–Trinajstić information content (AvgIpc) is 2.75. The Hall–Kier alpha value is -1.36. The molecule has 1 unspecified atom stereocenters. The third-order valence-electron chi connectivity index (χ3n) is 2.47. The first-order valence-electron chi connectivity index (χ1n) is 4.20. The van der Waals surface area contributed by atoms with Gasteiger partial charge in [0, 0.05) is 18.9 Å². The van der Waals surface area contributed by atoms with Gasteiger partial charge in [0.1, 0.15) is 0 Å². The van der Waals surface area contributed by atoms with Gasteiger partial charge in [-0.1, -0.05) is 0 Å². The van der Waals surface area contributed by atoms with Crippen molar-refractivity contribution >= 4 is 5.97 Å². The van der Waals surface area contributed by atoms with E-state index in [1.807, 2.05) is 0 Å². The first kappa shape index (κ1) is 8.25. The molecule has 1 aromatic heterocycles. The highest BCUT2D eigenvalue weighted by atomic mass is 16.4. The molecule has 1 atom stereocenters. The number of hydrogen-bond acceptors (Lipinski definition) is 3. The molecular weight excluding hydrogens is 170 g/mol. The van der Waals surface area contributed by atoms with Crippen molar-refractivity contribution in [2.75, 3.05) is 13.1 Å². The Balaban J connectivity index is 2.39. The summed E-state index contributed by atoms with van der Waals surface area (Å²) in [5.41, 5.74) is -0.872. The second kappa shape index (κ2) is 2.85. The van der Waals surface area contributed by atoms with Crippen LogP contribution in [0.4, 0.5) is 0 Å². The Bertz CT molecular complexity index is 301. The zero-order valence-electron chi connectivity index (χ0n) is 7.10. The van der Waals surface area contributed by atoms with Gasteiger partial charge in [-0.15, -0.1) is 0 Å². The molecule has 5 nitrogen and oxygen atoms in total. The minimum atomic E-state index is -0.872. The van der Waals surface area contributed by atoms with Crippen LogP contribution in [-0.4, -0.2) is 33.9 Å². The number of aromatic nitrogens is 2. The van der Waals surface area contributed by atoms with Crippen molar-refractivity contribution in [1.82, 2.24) is 15.1 Å². The van der Waals surface area contributed by atoms with Crippen LogP contribution in [0, 0.1) is 0 Å². The SMILES string of the molecule is O=C(O)C1(n2cccn2)CCNC1. The number of aliphatic carboxylic acids is 1. The smallest absolute Gasteiger partial charge is 0.333 e. The van der Waals surface area contributed by atoms with Crippen LogP contribution in [0.15, 0.2) is 18.5 Å². The van der Waals surface area contributed by atoms with Crippen LogP contribution < -0.4 is 5.32 Å². The Labute approximate surface area is 75.4 Å². The van der Waals surface area contributed by atoms with Crippen molar-refractivity contribution in [2.24, 2.45) is 0 Å². The molecule has 0 aromatic carbocycles. The summed E-state index contributed by atoms with van der Waals surface area (Å²) >= 11 is 0. The quantitative estimate of drug-likeness (QED) is 0.654. The molecule has 1 fully saturated rings. The third kappa shape index (κ3) is 1.12. The summed E-state index contributed by atoms with van der Waals surface area (Å²) in [6, 6.07) is 1.74. The fraction of sp³-hybridized carbons (Fsp3) is 0.500. The number of carboxylic acids is 1. The third-order valence-corrected chi connectivity index (χ3v) is 2.47. The summed E-state index contributed by atoms with van der Waals surface area (Å²) in [6.45, 7) is 1.18. The maximum Gasteiger partial charge on any atom is 0.333 e. The van der Waals surface area contributed by atoms with E-state index in [0.29, 0.717) is 13.0 Å². The van der Waals surface area contributed by atoms with Crippen molar-refractivity contribution in [2.45, 2.75) is 12.0 Å². The number of nitrogens with one attached hydrogen (secondary N) is 1. The molecule has 0 amide bonds. The van der Waals surface area contributed by atoms with Crippen molar-refractivity contribution in [3.8, 4) is 0 Å². The summed E-state index contributed by atoms with van der Waals surface area (Å²) in [7, 11) is 0. The summed E-state index contributed by atoms with van der Waals surface area (Å²) in [4.78, 5) is 11.1. The lowest BCUT2D eigenvalue weighted by molar-refractivity contribution is -0.147. The second-order valence-corrected chi connectivity index (χ2v) is 3.21. The first-order chi connectivity index (χ1) is 6.26. The molecule has 0 saturated carbocycles. The van der Waals surface area contributed by atoms with E-state index in [9.17, 15) is 4.79 Å². The van der Waals surface area contributed by atoms with Crippen LogP contribution >= 0.6 is 0 Å². The highest BCUT2D eigenvalue weighted by molar-refractivity contribution is 5.77. The van der Waals surface area contributed by atoms with Crippen LogP contribution in [0.2, 0.25) is 0 Å². The van der Waals surface area contributed by atoms with Gasteiger partial charge in [-0.25, -0.2) is 4.79 Å². The van der Waals surface area contributed by atoms with Gasteiger partial charge in [0.2, 0.25) is 0 Å². The highest BCUT2D eigenvalue weighted by Gasteiger charge is 2.43. The lowest BCUT2D eigenvalue weighted by atomic mass is 9.99. The fourth-order valence-corrected chi connectivity index (χ4v) is 1.68. The van der Waals surface area contributed by atoms with E-state index in [0.717, 1.165) is 6.54 Å². The summed E-state index contributed by atoms with van der Waals surface area (Å²) in [5, 5.41) is 16.2. The molecule has 0 spiro atoms. The maximum atomic E-state index is 11.1. The van der Waals surface area contributed by atoms with E-state index in [2.05, 4.69) is 10.4 Å². The predicted octanol–water partition coefficient (Wildman–Crippen LogP) is -0.344. The molecule has 2 N–H and O–H groups in total. The molecule has 0 radical (unpaired) electrons. The highest BCUT2D eigenvalue weighted by Crippen LogP contribution is 2.23. The summed E-state index contributed by atoms with van der Waals surface area (Å²) in [6.07, 6.45) is 3.88. The van der Waals surface area contributed by atoms with Crippen molar-refractivity contribution < 1.29 is 9.90 Å². The molecule has 5 heteroatoms. The molecule has 13 heavy (non-hydrogen) atoms. The maximum absolute atomic E-state index is 11.1. The minimum Gasteiger partial charge on any atom is -0.479 e. The molecule has 0 aliphatic carbocycles. The van der Waals surface area contributed by atoms with Crippen LogP contribution in [0.1, 0.15) is 6.42 Å². The van der Waals surface area contributed by atoms with Gasteiger partial charge in [-0.05, 0) is 19.0 Å². The van der Waals surface area contributed by atoms with E-state index in [4.69, 9.17) is 5.11 Å². The fourth-order valence-electron chi connectivity index (χ4n) is 1.68. The molecule has 1 aromatic rings. The lowest BCUT2D eigenvalue weighted by Gasteiger charge is -2.23. The molecule has 2 heterocycles. The lowest BCUT2D eigenvalue weighted by Crippen LogP contribution is -2.44. The number of carbonyl (C=O) groups is 1. The number of carboxylic acid groups (broad SMARTS) is 1. The molecule has 0 bridgehead atoms. The summed E-state index contributed by atoms with van der Waals surface area (Å²) in [5.74, 6) is -0.818. The number of hydrogen-bond donors (Lipinski definition) is 2. The molecule has 1 aliphatic heterocycles. The molecule has 2 rings (SSSR count). The largest absolute Gasteiger partial charge is 0.479 e. The van der Waals surface area contributed by atoms with E-state index in [-0.39, 0.29) is 0 Å². The Morgan fingerprint density at radius 3 is 3.00 bits per heavy atom. The second-order valence-electron chi connectivity index (χ2n) is 3.21. The van der Waals surface area contributed by atoms with Gasteiger partial charge < -0.3 is 10.4 Å². The average molecular weight is 181 g/mol. The Morgan fingerprint density at radius 1 is 1.69 bits per heavy atom. The Morgan fingerprint density at radius 2 is 2.54 bits per heavy atom. The normalized spacial score (nSPS) is 27.7. The van der Waals surface area contributed by atoms with E-state index in [1.54, 1.807) is 18.5 Å². The van der Waals surface area contributed by atoms with Gasteiger partial charge in [0.05, 0.1) is 0 Å². The number of nitrogens with zero attached hydrogens (tertiary/aromatic N) is 2. The number of rotatable bonds is 2. The topological polar surface area (TPSA) is 67.1 Å². The van der Waals surface area contributed by atoms with Gasteiger partial charge in [-0.3, -0.25) is 4.68 Å². The van der Waals surface area contributed by atoms with Gasteiger partial charge in [-0.2, -0.15) is 5.10 Å². The van der Waals surface area contributed by atoms with Crippen molar-refractivity contribution in [1.29, 1.82) is 0 Å². The van der Waals surface area contributed by atoms with Crippen LogP contribution in [-0.2, 0) is 10.3 Å². The zero-order valence-corrected chi connectivity index (χ0v) is 7.10. The first-order valence-corrected chi connectivity index (χ1v) is 4.20. The monoisotopic (exact) mass is 181 g/mol. The van der Waals surface area contributed by atoms with Crippen LogP contribution in [0.3, 0.4) is 0 Å². The van der Waals surface area contributed by atoms with Gasteiger partial charge >= 0.3 is 5.97 Å². The van der Waals surface area contributed by atoms with Crippen LogP contribution in [0.5, 0.6) is 0 Å². The predicted molar refractivity (Wildman–Crippen MR) is 45.3 cm³/mol. The summed E-state index contributed by atoms with van der Waals surface area (Å²) < 4.78 is 1.52. The van der Waals surface area contributed by atoms with Gasteiger partial charge in [0.25, 0.3) is 0 Å². The van der Waals surface area contributed by atoms with Crippen LogP contribution in [0.25, 0.3) is 0 Å².